The summed E-state index contributed by atoms with van der Waals surface area (Å²) in [7, 11) is 1.44. The Hall–Kier alpha value is -3.07. The molecule has 172 valence electrons. The Morgan fingerprint density at radius 3 is 2.53 bits per heavy atom. The lowest BCUT2D eigenvalue weighted by Crippen LogP contribution is -2.27. The fraction of sp³-hybridized carbons (Fsp3) is 0.0800. The molecule has 1 saturated heterocycles. The predicted octanol–water partition coefficient (Wildman–Crippen LogP) is 6.57. The molecule has 0 spiro atoms. The van der Waals surface area contributed by atoms with E-state index in [0.29, 0.717) is 16.2 Å². The van der Waals surface area contributed by atoms with Crippen LogP contribution in [0.25, 0.3) is 6.08 Å². The molecule has 6 nitrogen and oxygen atoms in total. The molecule has 1 aliphatic rings. The van der Waals surface area contributed by atoms with Gasteiger partial charge in [0.25, 0.3) is 11.1 Å². The molecule has 2 amide bonds. The Kier molecular flexibility index (Phi) is 7.41. The zero-order valence-corrected chi connectivity index (χ0v) is 20.9. The molecule has 0 aliphatic carbocycles. The quantitative estimate of drug-likeness (QED) is 0.194. The first kappa shape index (κ1) is 24.1. The van der Waals surface area contributed by atoms with E-state index in [-0.39, 0.29) is 34.0 Å². The second-order valence-electron chi connectivity index (χ2n) is 7.14. The van der Waals surface area contributed by atoms with E-state index in [4.69, 9.17) is 21.1 Å². The maximum absolute atomic E-state index is 12.9. The molecule has 0 N–H and O–H groups in total. The van der Waals surface area contributed by atoms with E-state index in [0.717, 1.165) is 21.8 Å². The number of carbonyl (C=O) groups excluding carboxylic acids is 3. The van der Waals surface area contributed by atoms with Gasteiger partial charge in [-0.1, -0.05) is 63.9 Å². The molecule has 3 aromatic rings. The number of rotatable bonds is 6. The van der Waals surface area contributed by atoms with Crippen LogP contribution < -0.4 is 9.47 Å². The minimum atomic E-state index is -0.621. The van der Waals surface area contributed by atoms with Crippen LogP contribution in [0.15, 0.2) is 76.1 Å². The smallest absolute Gasteiger partial charge is 0.345 e. The van der Waals surface area contributed by atoms with Crippen molar-refractivity contribution in [2.45, 2.75) is 6.54 Å². The Morgan fingerprint density at radius 1 is 1.06 bits per heavy atom. The number of ether oxygens (including phenoxy) is 2. The third-order valence-electron chi connectivity index (χ3n) is 4.94. The van der Waals surface area contributed by atoms with Crippen LogP contribution in [-0.2, 0) is 11.3 Å². The van der Waals surface area contributed by atoms with Crippen molar-refractivity contribution >= 4 is 62.5 Å². The number of benzene rings is 3. The van der Waals surface area contributed by atoms with Gasteiger partial charge in [0.1, 0.15) is 0 Å². The minimum absolute atomic E-state index is 0.170. The van der Waals surface area contributed by atoms with Crippen LogP contribution in [0.1, 0.15) is 21.5 Å². The predicted molar refractivity (Wildman–Crippen MR) is 135 cm³/mol. The SMILES string of the molecule is COc1cc(/C=C2\SC(=O)N(Cc3ccccc3Br)C2=O)ccc1OC(=O)c1ccccc1Cl. The molecule has 34 heavy (non-hydrogen) atoms. The molecule has 0 atom stereocenters. The molecule has 0 radical (unpaired) electrons. The molecule has 4 rings (SSSR count). The maximum atomic E-state index is 12.9. The molecule has 1 aliphatic heterocycles. The van der Waals surface area contributed by atoms with Gasteiger partial charge in [0.15, 0.2) is 11.5 Å². The van der Waals surface area contributed by atoms with Crippen molar-refractivity contribution in [1.29, 1.82) is 0 Å². The van der Waals surface area contributed by atoms with Gasteiger partial charge in [0.05, 0.1) is 29.1 Å². The Morgan fingerprint density at radius 2 is 1.79 bits per heavy atom. The highest BCUT2D eigenvalue weighted by molar-refractivity contribution is 9.10. The summed E-state index contributed by atoms with van der Waals surface area (Å²) in [6, 6.07) is 18.8. The van der Waals surface area contributed by atoms with Crippen LogP contribution in [-0.4, -0.2) is 29.1 Å². The number of amides is 2. The minimum Gasteiger partial charge on any atom is -0.493 e. The van der Waals surface area contributed by atoms with Gasteiger partial charge in [-0.3, -0.25) is 14.5 Å². The fourth-order valence-corrected chi connectivity index (χ4v) is 4.69. The van der Waals surface area contributed by atoms with Gasteiger partial charge in [0, 0.05) is 4.47 Å². The van der Waals surface area contributed by atoms with Gasteiger partial charge < -0.3 is 9.47 Å². The van der Waals surface area contributed by atoms with Gasteiger partial charge in [-0.05, 0) is 59.3 Å². The fourth-order valence-electron chi connectivity index (χ4n) is 3.22. The Labute approximate surface area is 213 Å². The molecule has 0 saturated carbocycles. The van der Waals surface area contributed by atoms with E-state index in [1.807, 2.05) is 24.3 Å². The van der Waals surface area contributed by atoms with E-state index in [9.17, 15) is 14.4 Å². The van der Waals surface area contributed by atoms with Crippen LogP contribution in [0, 0.1) is 0 Å². The standard InChI is InChI=1S/C25H17BrClNO5S/c1-32-21-12-15(10-11-20(21)33-24(30)17-7-3-5-9-19(17)27)13-22-23(29)28(25(31)34-22)14-16-6-2-4-8-18(16)26/h2-13H,14H2,1H3/b22-13-. The number of carbonyl (C=O) groups is 3. The Bertz CT molecular complexity index is 1330. The Balaban J connectivity index is 1.53. The zero-order chi connectivity index (χ0) is 24.2. The number of esters is 1. The van der Waals surface area contributed by atoms with Gasteiger partial charge in [-0.25, -0.2) is 4.79 Å². The maximum Gasteiger partial charge on any atom is 0.345 e. The van der Waals surface area contributed by atoms with Gasteiger partial charge in [-0.15, -0.1) is 0 Å². The lowest BCUT2D eigenvalue weighted by Gasteiger charge is -2.13. The third-order valence-corrected chi connectivity index (χ3v) is 6.95. The van der Waals surface area contributed by atoms with Crippen molar-refractivity contribution in [1.82, 2.24) is 4.90 Å². The van der Waals surface area contributed by atoms with Crippen LogP contribution in [0.2, 0.25) is 5.02 Å². The number of hydrogen-bond acceptors (Lipinski definition) is 6. The normalized spacial score (nSPS) is 14.6. The number of imide groups is 1. The van der Waals surface area contributed by atoms with Gasteiger partial charge in [-0.2, -0.15) is 0 Å². The van der Waals surface area contributed by atoms with Crippen molar-refractivity contribution in [3.63, 3.8) is 0 Å². The lowest BCUT2D eigenvalue weighted by molar-refractivity contribution is -0.123. The van der Waals surface area contributed by atoms with Crippen molar-refractivity contribution in [2.24, 2.45) is 0 Å². The monoisotopic (exact) mass is 557 g/mol. The number of methoxy groups -OCH3 is 1. The highest BCUT2D eigenvalue weighted by Crippen LogP contribution is 2.36. The van der Waals surface area contributed by atoms with E-state index in [1.54, 1.807) is 48.5 Å². The first-order valence-corrected chi connectivity index (χ1v) is 12.0. The van der Waals surface area contributed by atoms with Crippen LogP contribution in [0.5, 0.6) is 11.5 Å². The third kappa shape index (κ3) is 5.19. The largest absolute Gasteiger partial charge is 0.493 e. The number of halogens is 2. The van der Waals surface area contributed by atoms with Gasteiger partial charge >= 0.3 is 5.97 Å². The van der Waals surface area contributed by atoms with E-state index in [2.05, 4.69) is 15.9 Å². The summed E-state index contributed by atoms with van der Waals surface area (Å²) < 4.78 is 11.6. The number of hydrogen-bond donors (Lipinski definition) is 0. The summed E-state index contributed by atoms with van der Waals surface area (Å²) in [5, 5.41) is -0.0643. The molecule has 3 aromatic carbocycles. The van der Waals surface area contributed by atoms with E-state index >= 15 is 0 Å². The van der Waals surface area contributed by atoms with E-state index < -0.39 is 5.97 Å². The second-order valence-corrected chi connectivity index (χ2v) is 9.39. The average Bonchev–Trinajstić information content (AvgIpc) is 3.08. The second kappa shape index (κ2) is 10.5. The average molecular weight is 559 g/mol. The molecule has 9 heteroatoms. The van der Waals surface area contributed by atoms with Crippen molar-refractivity contribution in [3.05, 3.63) is 97.8 Å². The van der Waals surface area contributed by atoms with Gasteiger partial charge in [0.2, 0.25) is 0 Å². The summed E-state index contributed by atoms with van der Waals surface area (Å²) >= 11 is 10.4. The summed E-state index contributed by atoms with van der Waals surface area (Å²) in [4.78, 5) is 39.3. The van der Waals surface area contributed by atoms with Crippen molar-refractivity contribution in [3.8, 4) is 11.5 Å². The van der Waals surface area contributed by atoms with Crippen LogP contribution in [0.3, 0.4) is 0 Å². The highest BCUT2D eigenvalue weighted by atomic mass is 79.9. The molecule has 1 fully saturated rings. The summed E-state index contributed by atoms with van der Waals surface area (Å²) in [6.45, 7) is 0.170. The summed E-state index contributed by atoms with van der Waals surface area (Å²) in [5.41, 5.74) is 1.67. The summed E-state index contributed by atoms with van der Waals surface area (Å²) in [5.74, 6) is -0.503. The van der Waals surface area contributed by atoms with E-state index in [1.165, 1.54) is 12.0 Å². The first-order valence-electron chi connectivity index (χ1n) is 10.0. The molecular weight excluding hydrogens is 542 g/mol. The van der Waals surface area contributed by atoms with Crippen LogP contribution in [0.4, 0.5) is 4.79 Å². The molecule has 0 aromatic heterocycles. The molecule has 0 unspecified atom stereocenters. The first-order chi connectivity index (χ1) is 16.4. The summed E-state index contributed by atoms with van der Waals surface area (Å²) in [6.07, 6.45) is 1.60. The zero-order valence-electron chi connectivity index (χ0n) is 17.8. The molecule has 0 bridgehead atoms. The highest BCUT2D eigenvalue weighted by Gasteiger charge is 2.35. The molecule has 1 heterocycles. The lowest BCUT2D eigenvalue weighted by atomic mass is 10.1. The topological polar surface area (TPSA) is 72.9 Å². The number of nitrogens with zero attached hydrogens (tertiary/aromatic N) is 1. The van der Waals surface area contributed by atoms with Crippen molar-refractivity contribution in [2.75, 3.05) is 7.11 Å². The van der Waals surface area contributed by atoms with Crippen molar-refractivity contribution < 1.29 is 23.9 Å². The van der Waals surface area contributed by atoms with Crippen LogP contribution >= 0.6 is 39.3 Å². The number of thioether (sulfide) groups is 1. The molecular formula is C25H17BrClNO5S.